The van der Waals surface area contributed by atoms with Crippen LogP contribution in [0.1, 0.15) is 0 Å². The molecule has 0 amide bonds. The molecule has 0 unspecified atom stereocenters. The first-order valence-corrected chi connectivity index (χ1v) is 6.36. The van der Waals surface area contributed by atoms with Crippen LogP contribution in [-0.4, -0.2) is 40.9 Å². The largest absolute Gasteiger partial charge is 0.497 e. The van der Waals surface area contributed by atoms with Crippen LogP contribution in [0.5, 0.6) is 11.5 Å². The Morgan fingerprint density at radius 1 is 1.29 bits per heavy atom. The van der Waals surface area contributed by atoms with Gasteiger partial charge in [-0.2, -0.15) is 0 Å². The summed E-state index contributed by atoms with van der Waals surface area (Å²) in [4.78, 5) is 0.00856. The first-order valence-electron chi connectivity index (χ1n) is 4.87. The molecule has 7 heteroatoms. The SMILES string of the molecule is COc1ccc(S(=O)(=O)NCCO)c(OC)c1. The van der Waals surface area contributed by atoms with Crippen molar-refractivity contribution >= 4 is 10.0 Å². The Labute approximate surface area is 100 Å². The smallest absolute Gasteiger partial charge is 0.244 e. The van der Waals surface area contributed by atoms with Gasteiger partial charge in [-0.25, -0.2) is 13.1 Å². The Kier molecular flexibility index (Phi) is 4.73. The number of sulfonamides is 1. The van der Waals surface area contributed by atoms with E-state index in [2.05, 4.69) is 4.72 Å². The van der Waals surface area contributed by atoms with Crippen molar-refractivity contribution in [2.45, 2.75) is 4.90 Å². The molecule has 17 heavy (non-hydrogen) atoms. The van der Waals surface area contributed by atoms with Crippen molar-refractivity contribution in [3.05, 3.63) is 18.2 Å². The Balaban J connectivity index is 3.12. The molecule has 0 radical (unpaired) electrons. The normalized spacial score (nSPS) is 11.2. The lowest BCUT2D eigenvalue weighted by Crippen LogP contribution is -2.27. The van der Waals surface area contributed by atoms with E-state index in [1.807, 2.05) is 0 Å². The molecule has 1 aromatic carbocycles. The number of hydrogen-bond donors (Lipinski definition) is 2. The van der Waals surface area contributed by atoms with Crippen LogP contribution < -0.4 is 14.2 Å². The molecular formula is C10H15NO5S. The van der Waals surface area contributed by atoms with Crippen LogP contribution in [-0.2, 0) is 10.0 Å². The molecular weight excluding hydrogens is 246 g/mol. The molecule has 2 N–H and O–H groups in total. The van der Waals surface area contributed by atoms with Gasteiger partial charge in [-0.3, -0.25) is 0 Å². The van der Waals surface area contributed by atoms with E-state index >= 15 is 0 Å². The molecule has 6 nitrogen and oxygen atoms in total. The second kappa shape index (κ2) is 5.85. The highest BCUT2D eigenvalue weighted by molar-refractivity contribution is 7.89. The van der Waals surface area contributed by atoms with Crippen molar-refractivity contribution in [2.75, 3.05) is 27.4 Å². The highest BCUT2D eigenvalue weighted by Gasteiger charge is 2.19. The third kappa shape index (κ3) is 3.32. The maximum atomic E-state index is 11.8. The average molecular weight is 261 g/mol. The average Bonchev–Trinajstić information content (AvgIpc) is 2.35. The lowest BCUT2D eigenvalue weighted by Gasteiger charge is -2.11. The quantitative estimate of drug-likeness (QED) is 0.751. The Bertz CT molecular complexity index is 472. The molecule has 0 heterocycles. The van der Waals surface area contributed by atoms with Crippen LogP contribution in [0.25, 0.3) is 0 Å². The lowest BCUT2D eigenvalue weighted by atomic mass is 10.3. The summed E-state index contributed by atoms with van der Waals surface area (Å²) >= 11 is 0. The number of hydrogen-bond acceptors (Lipinski definition) is 5. The van der Waals surface area contributed by atoms with Gasteiger partial charge in [0.1, 0.15) is 16.4 Å². The van der Waals surface area contributed by atoms with E-state index in [1.165, 1.54) is 32.4 Å². The molecule has 0 aliphatic heterocycles. The molecule has 1 aromatic rings. The van der Waals surface area contributed by atoms with Gasteiger partial charge in [0.05, 0.1) is 20.8 Å². The molecule has 0 aliphatic carbocycles. The number of rotatable bonds is 6. The maximum Gasteiger partial charge on any atom is 0.244 e. The second-order valence-corrected chi connectivity index (χ2v) is 4.87. The molecule has 0 spiro atoms. The van der Waals surface area contributed by atoms with Crippen LogP contribution >= 0.6 is 0 Å². The van der Waals surface area contributed by atoms with E-state index in [-0.39, 0.29) is 23.8 Å². The van der Waals surface area contributed by atoms with Crippen LogP contribution in [0.3, 0.4) is 0 Å². The summed E-state index contributed by atoms with van der Waals surface area (Å²) in [6.45, 7) is -0.310. The van der Waals surface area contributed by atoms with Crippen molar-refractivity contribution in [1.29, 1.82) is 0 Å². The zero-order chi connectivity index (χ0) is 12.9. The van der Waals surface area contributed by atoms with E-state index in [1.54, 1.807) is 0 Å². The zero-order valence-electron chi connectivity index (χ0n) is 9.63. The van der Waals surface area contributed by atoms with Crippen molar-refractivity contribution in [3.8, 4) is 11.5 Å². The molecule has 0 aromatic heterocycles. The summed E-state index contributed by atoms with van der Waals surface area (Å²) in [5.41, 5.74) is 0. The maximum absolute atomic E-state index is 11.8. The van der Waals surface area contributed by atoms with Crippen LogP contribution in [0, 0.1) is 0 Å². The first-order chi connectivity index (χ1) is 8.05. The molecule has 0 atom stereocenters. The van der Waals surface area contributed by atoms with Gasteiger partial charge in [0.15, 0.2) is 0 Å². The van der Waals surface area contributed by atoms with Crippen LogP contribution in [0.2, 0.25) is 0 Å². The topological polar surface area (TPSA) is 84.9 Å². The van der Waals surface area contributed by atoms with E-state index in [0.717, 1.165) is 0 Å². The molecule has 0 aliphatic rings. The van der Waals surface area contributed by atoms with Crippen molar-refractivity contribution in [2.24, 2.45) is 0 Å². The minimum absolute atomic E-state index is 0.00856. The van der Waals surface area contributed by atoms with E-state index in [9.17, 15) is 8.42 Å². The van der Waals surface area contributed by atoms with Crippen molar-refractivity contribution in [1.82, 2.24) is 4.72 Å². The predicted molar refractivity (Wildman–Crippen MR) is 61.8 cm³/mol. The summed E-state index contributed by atoms with van der Waals surface area (Å²) < 4.78 is 35.9. The van der Waals surface area contributed by atoms with E-state index < -0.39 is 10.0 Å². The Hall–Kier alpha value is -1.31. The standard InChI is InChI=1S/C10H15NO5S/c1-15-8-3-4-10(9(7-8)16-2)17(13,14)11-5-6-12/h3-4,7,11-12H,5-6H2,1-2H3. The van der Waals surface area contributed by atoms with Gasteiger partial charge in [0, 0.05) is 12.6 Å². The van der Waals surface area contributed by atoms with Gasteiger partial charge in [-0.15, -0.1) is 0 Å². The second-order valence-electron chi connectivity index (χ2n) is 3.14. The van der Waals surface area contributed by atoms with E-state index in [4.69, 9.17) is 14.6 Å². The minimum atomic E-state index is -3.68. The van der Waals surface area contributed by atoms with Gasteiger partial charge < -0.3 is 14.6 Å². The summed E-state index contributed by atoms with van der Waals surface area (Å²) in [5.74, 6) is 0.692. The first kappa shape index (κ1) is 13.8. The number of methoxy groups -OCH3 is 2. The fourth-order valence-electron chi connectivity index (χ4n) is 1.25. The molecule has 0 saturated heterocycles. The number of aliphatic hydroxyl groups is 1. The highest BCUT2D eigenvalue weighted by Crippen LogP contribution is 2.27. The fraction of sp³-hybridized carbons (Fsp3) is 0.400. The van der Waals surface area contributed by atoms with Gasteiger partial charge in [0.25, 0.3) is 0 Å². The number of ether oxygens (including phenoxy) is 2. The van der Waals surface area contributed by atoms with Gasteiger partial charge >= 0.3 is 0 Å². The Morgan fingerprint density at radius 3 is 2.53 bits per heavy atom. The predicted octanol–water partition coefficient (Wildman–Crippen LogP) is -0.0256. The molecule has 0 bridgehead atoms. The summed E-state index contributed by atoms with van der Waals surface area (Å²) in [5, 5.41) is 8.61. The van der Waals surface area contributed by atoms with Crippen molar-refractivity contribution in [3.63, 3.8) is 0 Å². The molecule has 96 valence electrons. The van der Waals surface area contributed by atoms with Gasteiger partial charge in [-0.05, 0) is 12.1 Å². The lowest BCUT2D eigenvalue weighted by molar-refractivity contribution is 0.301. The monoisotopic (exact) mass is 261 g/mol. The third-order valence-electron chi connectivity index (χ3n) is 2.06. The zero-order valence-corrected chi connectivity index (χ0v) is 10.5. The molecule has 0 saturated carbocycles. The van der Waals surface area contributed by atoms with Crippen LogP contribution in [0.4, 0.5) is 0 Å². The van der Waals surface area contributed by atoms with Crippen molar-refractivity contribution < 1.29 is 23.0 Å². The Morgan fingerprint density at radius 2 is 2.00 bits per heavy atom. The molecule has 0 fully saturated rings. The fourth-order valence-corrected chi connectivity index (χ4v) is 2.42. The van der Waals surface area contributed by atoms with Crippen LogP contribution in [0.15, 0.2) is 23.1 Å². The number of nitrogens with one attached hydrogen (secondary N) is 1. The number of aliphatic hydroxyl groups excluding tert-OH is 1. The van der Waals surface area contributed by atoms with E-state index in [0.29, 0.717) is 5.75 Å². The summed E-state index contributed by atoms with van der Waals surface area (Å²) in [7, 11) is -0.827. The van der Waals surface area contributed by atoms with Gasteiger partial charge in [0.2, 0.25) is 10.0 Å². The summed E-state index contributed by atoms with van der Waals surface area (Å²) in [6.07, 6.45) is 0. The summed E-state index contributed by atoms with van der Waals surface area (Å²) in [6, 6.07) is 4.39. The minimum Gasteiger partial charge on any atom is -0.497 e. The molecule has 1 rings (SSSR count). The van der Waals surface area contributed by atoms with Gasteiger partial charge in [-0.1, -0.05) is 0 Å². The number of benzene rings is 1. The third-order valence-corrected chi connectivity index (χ3v) is 3.56. The highest BCUT2D eigenvalue weighted by atomic mass is 32.2.